The summed E-state index contributed by atoms with van der Waals surface area (Å²) in [6.07, 6.45) is 0. The molecule has 0 radical (unpaired) electrons. The van der Waals surface area contributed by atoms with Gasteiger partial charge in [0.2, 0.25) is 0 Å². The lowest BCUT2D eigenvalue weighted by atomic mass is 9.53. The van der Waals surface area contributed by atoms with E-state index in [0.717, 1.165) is 22.3 Å². The van der Waals surface area contributed by atoms with Crippen LogP contribution in [0.1, 0.15) is 60.8 Å². The maximum Gasteiger partial charge on any atom is 0.193 e. The molecule has 0 N–H and O–H groups in total. The van der Waals surface area contributed by atoms with Crippen LogP contribution in [-0.2, 0) is 5.41 Å². The molecule has 0 fully saturated rings. The van der Waals surface area contributed by atoms with Gasteiger partial charge in [-0.25, -0.2) is 0 Å². The predicted octanol–water partition coefficient (Wildman–Crippen LogP) is 7.11. The number of hydrogen-bond acceptors (Lipinski definition) is 1. The fraction of sp³-hybridized carbons (Fsp3) is 0.0606. The van der Waals surface area contributed by atoms with E-state index in [4.69, 9.17) is 0 Å². The summed E-state index contributed by atoms with van der Waals surface area (Å²) >= 11 is 0. The summed E-state index contributed by atoms with van der Waals surface area (Å²) in [5.41, 5.74) is 9.59. The molecule has 2 aliphatic carbocycles. The van der Waals surface area contributed by atoms with Crippen molar-refractivity contribution in [3.05, 3.63) is 177 Å². The smallest absolute Gasteiger partial charge is 0.193 e. The van der Waals surface area contributed by atoms with Gasteiger partial charge in [-0.3, -0.25) is 4.79 Å². The normalized spacial score (nSPS) is 15.2. The molecule has 0 atom stereocenters. The van der Waals surface area contributed by atoms with Gasteiger partial charge in [-0.2, -0.15) is 0 Å². The summed E-state index contributed by atoms with van der Waals surface area (Å²) in [5, 5.41) is 0. The number of fused-ring (bicyclic) bond motifs is 8. The number of hydrogen-bond donors (Lipinski definition) is 0. The molecule has 2 aliphatic rings. The van der Waals surface area contributed by atoms with Crippen molar-refractivity contribution in [2.75, 3.05) is 0 Å². The Bertz CT molecular complexity index is 1480. The highest BCUT2D eigenvalue weighted by Crippen LogP contribution is 2.58. The molecule has 1 spiro atoms. The first kappa shape index (κ1) is 19.3. The molecular weight excluding hydrogens is 412 g/mol. The Morgan fingerprint density at radius 3 is 1.38 bits per heavy atom. The Hall–Kier alpha value is -4.23. The fourth-order valence-electron chi connectivity index (χ4n) is 6.38. The van der Waals surface area contributed by atoms with E-state index in [1.54, 1.807) is 0 Å². The van der Waals surface area contributed by atoms with Crippen molar-refractivity contribution in [3.63, 3.8) is 0 Å². The lowest BCUT2D eigenvalue weighted by molar-refractivity contribution is 0.103. The number of carbonyl (C=O) groups is 1. The van der Waals surface area contributed by atoms with Gasteiger partial charge in [0.05, 0.1) is 5.41 Å². The highest BCUT2D eigenvalue weighted by atomic mass is 16.1. The van der Waals surface area contributed by atoms with Crippen LogP contribution < -0.4 is 0 Å². The zero-order valence-corrected chi connectivity index (χ0v) is 18.6. The van der Waals surface area contributed by atoms with Gasteiger partial charge in [0.1, 0.15) is 0 Å². The Morgan fingerprint density at radius 2 is 0.853 bits per heavy atom. The fourth-order valence-corrected chi connectivity index (χ4v) is 6.38. The van der Waals surface area contributed by atoms with E-state index in [9.17, 15) is 4.79 Å². The highest BCUT2D eigenvalue weighted by molar-refractivity contribution is 6.14. The van der Waals surface area contributed by atoms with E-state index >= 15 is 0 Å². The van der Waals surface area contributed by atoms with Crippen molar-refractivity contribution in [3.8, 4) is 0 Å². The van der Waals surface area contributed by atoms with Crippen molar-refractivity contribution in [1.82, 2.24) is 0 Å². The van der Waals surface area contributed by atoms with Gasteiger partial charge < -0.3 is 0 Å². The lowest BCUT2D eigenvalue weighted by Crippen LogP contribution is -2.42. The van der Waals surface area contributed by atoms with Crippen molar-refractivity contribution < 1.29 is 4.79 Å². The lowest BCUT2D eigenvalue weighted by Gasteiger charge is -2.47. The molecule has 0 aliphatic heterocycles. The molecule has 160 valence electrons. The van der Waals surface area contributed by atoms with Crippen LogP contribution in [-0.4, -0.2) is 5.78 Å². The minimum absolute atomic E-state index is 0.108. The van der Waals surface area contributed by atoms with Gasteiger partial charge in [-0.05, 0) is 38.9 Å². The van der Waals surface area contributed by atoms with Crippen LogP contribution in [0.2, 0.25) is 0 Å². The number of carbonyl (C=O) groups excluding carboxylic acids is 1. The van der Waals surface area contributed by atoms with Crippen LogP contribution in [0.3, 0.4) is 0 Å². The molecule has 7 rings (SSSR count). The molecule has 0 heterocycles. The van der Waals surface area contributed by atoms with Crippen molar-refractivity contribution in [2.24, 2.45) is 0 Å². The van der Waals surface area contributed by atoms with E-state index in [-0.39, 0.29) is 11.7 Å². The molecule has 0 unspecified atom stereocenters. The summed E-state index contributed by atoms with van der Waals surface area (Å²) < 4.78 is 0. The molecule has 0 bridgehead atoms. The first-order valence-electron chi connectivity index (χ1n) is 11.8. The van der Waals surface area contributed by atoms with E-state index in [0.29, 0.717) is 0 Å². The molecule has 0 aromatic heterocycles. The standard InChI is InChI=1S/C33H22O/c34-32-25-16-6-10-20-29(25)33(30-21-11-7-17-26(30)32)27-18-8-4-14-23(27)31(22-12-2-1-3-13-22)24-15-5-9-19-28(24)33/h1-21,31H. The molecule has 1 nitrogen and oxygen atoms in total. The Balaban J connectivity index is 1.69. The Labute approximate surface area is 199 Å². The van der Waals surface area contributed by atoms with Gasteiger partial charge in [0.25, 0.3) is 0 Å². The monoisotopic (exact) mass is 434 g/mol. The third-order valence-corrected chi connectivity index (χ3v) is 7.64. The second-order valence-electron chi connectivity index (χ2n) is 9.19. The first-order chi connectivity index (χ1) is 16.8. The number of rotatable bonds is 1. The largest absolute Gasteiger partial charge is 0.289 e. The van der Waals surface area contributed by atoms with Crippen LogP contribution in [0, 0.1) is 0 Å². The molecule has 5 aromatic rings. The molecule has 0 saturated carbocycles. The van der Waals surface area contributed by atoms with E-state index in [1.165, 1.54) is 27.8 Å². The van der Waals surface area contributed by atoms with Crippen molar-refractivity contribution in [1.29, 1.82) is 0 Å². The predicted molar refractivity (Wildman–Crippen MR) is 136 cm³/mol. The van der Waals surface area contributed by atoms with Crippen LogP contribution in [0.15, 0.2) is 127 Å². The second kappa shape index (κ2) is 7.13. The van der Waals surface area contributed by atoms with Gasteiger partial charge in [-0.1, -0.05) is 127 Å². The summed E-state index contributed by atoms with van der Waals surface area (Å²) in [5.74, 6) is 0.244. The third-order valence-electron chi connectivity index (χ3n) is 7.64. The van der Waals surface area contributed by atoms with Gasteiger partial charge in [0, 0.05) is 17.0 Å². The van der Waals surface area contributed by atoms with Crippen LogP contribution >= 0.6 is 0 Å². The summed E-state index contributed by atoms with van der Waals surface area (Å²) in [7, 11) is 0. The summed E-state index contributed by atoms with van der Waals surface area (Å²) in [6.45, 7) is 0. The van der Waals surface area contributed by atoms with E-state index < -0.39 is 5.41 Å². The van der Waals surface area contributed by atoms with Crippen molar-refractivity contribution in [2.45, 2.75) is 11.3 Å². The van der Waals surface area contributed by atoms with Crippen molar-refractivity contribution >= 4 is 5.78 Å². The van der Waals surface area contributed by atoms with E-state index in [1.807, 2.05) is 24.3 Å². The van der Waals surface area contributed by atoms with Gasteiger partial charge >= 0.3 is 0 Å². The van der Waals surface area contributed by atoms with Gasteiger partial charge in [0.15, 0.2) is 5.78 Å². The summed E-state index contributed by atoms with van der Waals surface area (Å²) in [4.78, 5) is 13.6. The molecule has 34 heavy (non-hydrogen) atoms. The molecule has 0 amide bonds. The minimum atomic E-state index is -0.542. The Morgan fingerprint density at radius 1 is 0.441 bits per heavy atom. The third kappa shape index (κ3) is 2.36. The maximum absolute atomic E-state index is 13.6. The average molecular weight is 435 g/mol. The topological polar surface area (TPSA) is 17.1 Å². The molecule has 0 saturated heterocycles. The average Bonchev–Trinajstić information content (AvgIpc) is 2.91. The van der Waals surface area contributed by atoms with Crippen LogP contribution in [0.4, 0.5) is 0 Å². The zero-order valence-electron chi connectivity index (χ0n) is 18.6. The second-order valence-corrected chi connectivity index (χ2v) is 9.19. The molecule has 1 heteroatoms. The summed E-state index contributed by atoms with van der Waals surface area (Å²) in [6, 6.07) is 44.8. The maximum atomic E-state index is 13.6. The highest BCUT2D eigenvalue weighted by Gasteiger charge is 2.51. The van der Waals surface area contributed by atoms with Gasteiger partial charge in [-0.15, -0.1) is 0 Å². The number of benzene rings is 5. The first-order valence-corrected chi connectivity index (χ1v) is 11.8. The Kier molecular flexibility index (Phi) is 4.04. The zero-order chi connectivity index (χ0) is 22.7. The molecule has 5 aromatic carbocycles. The minimum Gasteiger partial charge on any atom is -0.289 e. The van der Waals surface area contributed by atoms with Crippen LogP contribution in [0.25, 0.3) is 0 Å². The number of ketones is 1. The quantitative estimate of drug-likeness (QED) is 0.269. The van der Waals surface area contributed by atoms with Crippen LogP contribution in [0.5, 0.6) is 0 Å². The molecular formula is C33H22O. The SMILES string of the molecule is O=C1c2ccccc2C2(c3ccccc31)c1ccccc1C(c1ccccc1)c1ccccc12. The van der Waals surface area contributed by atoms with E-state index in [2.05, 4.69) is 103 Å².